The molecule has 0 aliphatic heterocycles. The maximum absolute atomic E-state index is 13.4. The molecule has 0 amide bonds. The fourth-order valence-corrected chi connectivity index (χ4v) is 1.50. The molecule has 20 heavy (non-hydrogen) atoms. The normalized spacial score (nSPS) is 9.50. The van der Waals surface area contributed by atoms with Crippen LogP contribution in [0.5, 0.6) is 17.2 Å². The van der Waals surface area contributed by atoms with Gasteiger partial charge in [0.05, 0.1) is 0 Å². The molecule has 0 aliphatic rings. The molecule has 2 nitrogen and oxygen atoms in total. The number of rotatable bonds is 4. The third kappa shape index (κ3) is 4.03. The van der Waals surface area contributed by atoms with Crippen LogP contribution >= 0.6 is 0 Å². The molecule has 102 valence electrons. The van der Waals surface area contributed by atoms with Crippen LogP contribution in [0.15, 0.2) is 48.5 Å². The van der Waals surface area contributed by atoms with Crippen LogP contribution in [0.1, 0.15) is 19.8 Å². The van der Waals surface area contributed by atoms with Gasteiger partial charge in [0.2, 0.25) is 0 Å². The number of halogens is 1. The summed E-state index contributed by atoms with van der Waals surface area (Å²) in [6.45, 7) is 2.06. The lowest BCUT2D eigenvalue weighted by Crippen LogP contribution is -1.88. The lowest BCUT2D eigenvalue weighted by atomic mass is 10.3. The third-order valence-corrected chi connectivity index (χ3v) is 2.50. The maximum atomic E-state index is 13.4. The van der Waals surface area contributed by atoms with Crippen LogP contribution in [-0.2, 0) is 0 Å². The predicted molar refractivity (Wildman–Crippen MR) is 76.2 cm³/mol. The molecule has 0 atom stereocenters. The predicted octanol–water partition coefficient (Wildman–Crippen LogP) is 4.76. The highest BCUT2D eigenvalue weighted by atomic mass is 19.1. The Hall–Kier alpha value is -2.47. The highest BCUT2D eigenvalue weighted by Crippen LogP contribution is 2.25. The molecular weight excluding hydrogens is 255 g/mol. The Bertz CT molecular complexity index is 609. The largest absolute Gasteiger partial charge is 0.454 e. The molecule has 2 aromatic carbocycles. The summed E-state index contributed by atoms with van der Waals surface area (Å²) < 4.78 is 24.1. The van der Waals surface area contributed by atoms with Crippen molar-refractivity contribution in [1.82, 2.24) is 0 Å². The smallest absolute Gasteiger partial charge is 0.165 e. The van der Waals surface area contributed by atoms with Gasteiger partial charge < -0.3 is 9.47 Å². The fraction of sp³-hybridized carbons (Fsp3) is 0.176. The molecule has 0 spiro atoms. The summed E-state index contributed by atoms with van der Waals surface area (Å²) in [6.07, 6.45) is 4.45. The van der Waals surface area contributed by atoms with Crippen molar-refractivity contribution < 1.29 is 13.9 Å². The van der Waals surface area contributed by atoms with E-state index in [9.17, 15) is 4.39 Å². The maximum Gasteiger partial charge on any atom is 0.165 e. The fourth-order valence-electron chi connectivity index (χ4n) is 1.50. The molecule has 0 fully saturated rings. The van der Waals surface area contributed by atoms with Crippen LogP contribution in [0.3, 0.4) is 0 Å². The highest BCUT2D eigenvalue weighted by Gasteiger charge is 2.03. The van der Waals surface area contributed by atoms with E-state index < -0.39 is 5.82 Å². The minimum Gasteiger partial charge on any atom is -0.454 e. The average Bonchev–Trinajstić information content (AvgIpc) is 2.48. The van der Waals surface area contributed by atoms with Gasteiger partial charge in [-0.3, -0.25) is 0 Å². The second kappa shape index (κ2) is 7.20. The highest BCUT2D eigenvalue weighted by molar-refractivity contribution is 5.36. The number of benzene rings is 2. The number of para-hydroxylation sites is 1. The van der Waals surface area contributed by atoms with Gasteiger partial charge in [-0.15, -0.1) is 0 Å². The summed E-state index contributed by atoms with van der Waals surface area (Å²) in [4.78, 5) is 0. The second-order valence-corrected chi connectivity index (χ2v) is 4.13. The Labute approximate surface area is 118 Å². The van der Waals surface area contributed by atoms with E-state index in [0.29, 0.717) is 11.5 Å². The number of unbranched alkanes of at least 4 members (excludes halogenated alkanes) is 1. The van der Waals surface area contributed by atoms with Crippen molar-refractivity contribution in [2.45, 2.75) is 19.8 Å². The van der Waals surface area contributed by atoms with Gasteiger partial charge in [0, 0.05) is 6.42 Å². The van der Waals surface area contributed by atoms with Gasteiger partial charge in [-0.1, -0.05) is 25.0 Å². The van der Waals surface area contributed by atoms with Crippen LogP contribution in [0.4, 0.5) is 4.39 Å². The SMILES string of the molecule is CCCC#COc1ccc(Oc2ccccc2F)cc1. The number of hydrogen-bond donors (Lipinski definition) is 0. The third-order valence-electron chi connectivity index (χ3n) is 2.50. The molecule has 2 rings (SSSR count). The minimum atomic E-state index is -0.391. The Balaban J connectivity index is 1.99. The molecule has 0 unspecified atom stereocenters. The van der Waals surface area contributed by atoms with Crippen LogP contribution in [0.2, 0.25) is 0 Å². The van der Waals surface area contributed by atoms with Gasteiger partial charge in [-0.25, -0.2) is 4.39 Å². The Kier molecular flexibility index (Phi) is 5.02. The number of ether oxygens (including phenoxy) is 2. The lowest BCUT2D eigenvalue weighted by molar-refractivity contribution is 0.440. The van der Waals surface area contributed by atoms with Crippen molar-refractivity contribution in [3.05, 3.63) is 54.3 Å². The summed E-state index contributed by atoms with van der Waals surface area (Å²) in [6, 6.07) is 13.2. The van der Waals surface area contributed by atoms with Crippen LogP contribution in [0, 0.1) is 17.8 Å². The first-order chi connectivity index (χ1) is 9.79. The Morgan fingerprint density at radius 1 is 1.00 bits per heavy atom. The minimum absolute atomic E-state index is 0.198. The molecule has 0 heterocycles. The van der Waals surface area contributed by atoms with Crippen LogP contribution < -0.4 is 9.47 Å². The molecule has 0 aromatic heterocycles. The molecule has 3 heteroatoms. The Morgan fingerprint density at radius 3 is 2.40 bits per heavy atom. The zero-order valence-corrected chi connectivity index (χ0v) is 11.2. The first-order valence-corrected chi connectivity index (χ1v) is 6.46. The lowest BCUT2D eigenvalue weighted by Gasteiger charge is -2.06. The molecule has 0 saturated heterocycles. The van der Waals surface area contributed by atoms with Crippen molar-refractivity contribution in [3.63, 3.8) is 0 Å². The van der Waals surface area contributed by atoms with Crippen LogP contribution in [-0.4, -0.2) is 0 Å². The number of hydrogen-bond acceptors (Lipinski definition) is 2. The summed E-state index contributed by atoms with van der Waals surface area (Å²) in [5.74, 6) is 3.88. The summed E-state index contributed by atoms with van der Waals surface area (Å²) in [5, 5.41) is 0. The molecule has 0 radical (unpaired) electrons. The summed E-state index contributed by atoms with van der Waals surface area (Å²) in [7, 11) is 0. The zero-order valence-electron chi connectivity index (χ0n) is 11.2. The second-order valence-electron chi connectivity index (χ2n) is 4.13. The van der Waals surface area contributed by atoms with E-state index in [0.717, 1.165) is 12.8 Å². The van der Waals surface area contributed by atoms with E-state index in [2.05, 4.69) is 19.0 Å². The molecule has 0 saturated carbocycles. The van der Waals surface area contributed by atoms with E-state index in [1.807, 2.05) is 0 Å². The van der Waals surface area contributed by atoms with Crippen molar-refractivity contribution in [2.24, 2.45) is 0 Å². The molecule has 2 aromatic rings. The van der Waals surface area contributed by atoms with Gasteiger partial charge in [0.15, 0.2) is 11.6 Å². The van der Waals surface area contributed by atoms with Gasteiger partial charge >= 0.3 is 0 Å². The van der Waals surface area contributed by atoms with Gasteiger partial charge in [-0.05, 0) is 42.8 Å². The average molecular weight is 270 g/mol. The first-order valence-electron chi connectivity index (χ1n) is 6.46. The van der Waals surface area contributed by atoms with E-state index in [1.165, 1.54) is 6.07 Å². The van der Waals surface area contributed by atoms with Crippen LogP contribution in [0.25, 0.3) is 0 Å². The van der Waals surface area contributed by atoms with Gasteiger partial charge in [0.1, 0.15) is 17.6 Å². The van der Waals surface area contributed by atoms with E-state index >= 15 is 0 Å². The summed E-state index contributed by atoms with van der Waals surface area (Å²) >= 11 is 0. The summed E-state index contributed by atoms with van der Waals surface area (Å²) in [5.41, 5.74) is 0. The van der Waals surface area contributed by atoms with Gasteiger partial charge in [-0.2, -0.15) is 0 Å². The van der Waals surface area contributed by atoms with E-state index in [-0.39, 0.29) is 5.75 Å². The molecular formula is C17H15FO2. The monoisotopic (exact) mass is 270 g/mol. The Morgan fingerprint density at radius 2 is 1.70 bits per heavy atom. The molecule has 0 aliphatic carbocycles. The topological polar surface area (TPSA) is 18.5 Å². The zero-order chi connectivity index (χ0) is 14.2. The van der Waals surface area contributed by atoms with E-state index in [4.69, 9.17) is 9.47 Å². The van der Waals surface area contributed by atoms with E-state index in [1.54, 1.807) is 42.5 Å². The van der Waals surface area contributed by atoms with Gasteiger partial charge in [0.25, 0.3) is 0 Å². The standard InChI is InChI=1S/C17H15FO2/c1-2-3-6-13-19-14-9-11-15(12-10-14)20-17-8-5-4-7-16(17)18/h4-5,7-12H,2-3H2,1H3. The van der Waals surface area contributed by atoms with Crippen molar-refractivity contribution in [1.29, 1.82) is 0 Å². The quantitative estimate of drug-likeness (QED) is 0.746. The first kappa shape index (κ1) is 14.0. The molecule has 0 bridgehead atoms. The van der Waals surface area contributed by atoms with Crippen molar-refractivity contribution in [3.8, 4) is 29.3 Å². The molecule has 0 N–H and O–H groups in total. The van der Waals surface area contributed by atoms with Crippen molar-refractivity contribution in [2.75, 3.05) is 0 Å². The van der Waals surface area contributed by atoms with Crippen molar-refractivity contribution >= 4 is 0 Å².